The van der Waals surface area contributed by atoms with Crippen LogP contribution in [0.2, 0.25) is 0 Å². The van der Waals surface area contributed by atoms with Gasteiger partial charge in [-0.1, -0.05) is 12.1 Å². The summed E-state index contributed by atoms with van der Waals surface area (Å²) in [7, 11) is -7.85. The number of amides is 1. The van der Waals surface area contributed by atoms with Crippen LogP contribution in [-0.2, 0) is 31.5 Å². The molecule has 9 nitrogen and oxygen atoms in total. The van der Waals surface area contributed by atoms with Crippen LogP contribution >= 0.6 is 0 Å². The van der Waals surface area contributed by atoms with Crippen molar-refractivity contribution in [2.75, 3.05) is 6.61 Å². The van der Waals surface area contributed by atoms with E-state index in [4.69, 9.17) is 5.14 Å². The number of hydrogen-bond acceptors (Lipinski definition) is 6. The van der Waals surface area contributed by atoms with Crippen molar-refractivity contribution in [3.8, 4) is 0 Å². The van der Waals surface area contributed by atoms with Gasteiger partial charge in [0.1, 0.15) is 0 Å². The third kappa shape index (κ3) is 6.08. The average Bonchev–Trinajstić information content (AvgIpc) is 2.35. The first-order valence-corrected chi connectivity index (χ1v) is 8.73. The number of rotatable bonds is 6. The summed E-state index contributed by atoms with van der Waals surface area (Å²) in [6, 6.07) is 5.29. The molecule has 118 valence electrons. The number of ether oxygens (including phenoxy) is 1. The van der Waals surface area contributed by atoms with E-state index in [1.54, 1.807) is 4.72 Å². The first-order chi connectivity index (χ1) is 9.64. The molecule has 0 radical (unpaired) electrons. The molecule has 0 bridgehead atoms. The van der Waals surface area contributed by atoms with Crippen LogP contribution in [0, 0.1) is 0 Å². The van der Waals surface area contributed by atoms with Crippen molar-refractivity contribution in [1.29, 1.82) is 0 Å². The molecule has 0 atom stereocenters. The fourth-order valence-electron chi connectivity index (χ4n) is 1.28. The van der Waals surface area contributed by atoms with Gasteiger partial charge >= 0.3 is 16.3 Å². The molecule has 1 aromatic rings. The summed E-state index contributed by atoms with van der Waals surface area (Å²) in [6.45, 7) is 1.43. The Bertz CT molecular complexity index is 697. The van der Waals surface area contributed by atoms with Gasteiger partial charge in [0, 0.05) is 6.54 Å². The minimum Gasteiger partial charge on any atom is -0.449 e. The maximum Gasteiger partial charge on any atom is 0.421 e. The number of primary sulfonamides is 1. The number of nitrogens with one attached hydrogen (secondary N) is 2. The van der Waals surface area contributed by atoms with Crippen LogP contribution in [0.3, 0.4) is 0 Å². The van der Waals surface area contributed by atoms with Gasteiger partial charge in [-0.15, -0.1) is 0 Å². The van der Waals surface area contributed by atoms with Crippen LogP contribution < -0.4 is 14.6 Å². The Labute approximate surface area is 122 Å². The van der Waals surface area contributed by atoms with Crippen molar-refractivity contribution in [3.63, 3.8) is 0 Å². The van der Waals surface area contributed by atoms with Crippen molar-refractivity contribution in [2.24, 2.45) is 5.14 Å². The van der Waals surface area contributed by atoms with Gasteiger partial charge < -0.3 is 4.74 Å². The molecule has 0 aliphatic carbocycles. The van der Waals surface area contributed by atoms with Crippen molar-refractivity contribution in [2.45, 2.75) is 18.4 Å². The van der Waals surface area contributed by atoms with Gasteiger partial charge in [-0.2, -0.15) is 13.1 Å². The van der Waals surface area contributed by atoms with E-state index in [0.717, 1.165) is 0 Å². The summed E-state index contributed by atoms with van der Waals surface area (Å²) in [5, 5.41) is 4.93. The molecule has 0 saturated carbocycles. The molecule has 0 heterocycles. The molecule has 0 aliphatic heterocycles. The maximum absolute atomic E-state index is 11.5. The van der Waals surface area contributed by atoms with Crippen molar-refractivity contribution in [3.05, 3.63) is 29.8 Å². The monoisotopic (exact) mass is 337 g/mol. The second kappa shape index (κ2) is 6.85. The zero-order chi connectivity index (χ0) is 16.1. The van der Waals surface area contributed by atoms with Crippen LogP contribution in [-0.4, -0.2) is 29.5 Å². The quantitative estimate of drug-likeness (QED) is 0.633. The molecule has 1 rings (SSSR count). The Balaban J connectivity index is 2.65. The van der Waals surface area contributed by atoms with E-state index in [1.807, 2.05) is 0 Å². The number of carbonyl (C=O) groups is 1. The standard InChI is InChI=1S/C10H15N3O6S2/c1-2-19-10(14)13-21(17,18)12-7-8-3-5-9(6-4-8)20(11,15)16/h3-6,12H,2,7H2,1H3,(H,13,14)(H2,11,15,16). The number of hydrogen-bond donors (Lipinski definition) is 3. The van der Waals surface area contributed by atoms with Gasteiger partial charge in [0.05, 0.1) is 11.5 Å². The van der Waals surface area contributed by atoms with Crippen LogP contribution in [0.25, 0.3) is 0 Å². The Morgan fingerprint density at radius 2 is 1.76 bits per heavy atom. The van der Waals surface area contributed by atoms with Gasteiger partial charge in [-0.3, -0.25) is 0 Å². The van der Waals surface area contributed by atoms with Crippen LogP contribution in [0.1, 0.15) is 12.5 Å². The highest BCUT2D eigenvalue weighted by Crippen LogP contribution is 2.08. The van der Waals surface area contributed by atoms with Gasteiger partial charge in [-0.05, 0) is 24.6 Å². The lowest BCUT2D eigenvalue weighted by Gasteiger charge is -2.08. The van der Waals surface area contributed by atoms with Crippen molar-refractivity contribution < 1.29 is 26.4 Å². The predicted octanol–water partition coefficient (Wildman–Crippen LogP) is -0.585. The Hall–Kier alpha value is -1.69. The second-order valence-electron chi connectivity index (χ2n) is 3.84. The molecule has 1 amide bonds. The third-order valence-electron chi connectivity index (χ3n) is 2.21. The topological polar surface area (TPSA) is 145 Å². The number of carbonyl (C=O) groups excluding carboxylic acids is 1. The van der Waals surface area contributed by atoms with Crippen molar-refractivity contribution in [1.82, 2.24) is 9.44 Å². The van der Waals surface area contributed by atoms with Gasteiger partial charge in [0.2, 0.25) is 10.0 Å². The van der Waals surface area contributed by atoms with E-state index in [9.17, 15) is 21.6 Å². The second-order valence-corrected chi connectivity index (χ2v) is 6.90. The summed E-state index contributed by atoms with van der Waals surface area (Å²) in [5.74, 6) is 0. The number of sulfonamides is 1. The summed E-state index contributed by atoms with van der Waals surface area (Å²) in [5.41, 5.74) is 0.483. The van der Waals surface area contributed by atoms with Crippen LogP contribution in [0.5, 0.6) is 0 Å². The summed E-state index contributed by atoms with van der Waals surface area (Å²) < 4.78 is 53.2. The summed E-state index contributed by atoms with van der Waals surface area (Å²) in [4.78, 5) is 10.9. The molecule has 0 aliphatic rings. The SMILES string of the molecule is CCOC(=O)NS(=O)(=O)NCc1ccc(S(N)(=O)=O)cc1. The van der Waals surface area contributed by atoms with Crippen LogP contribution in [0.4, 0.5) is 4.79 Å². The minimum atomic E-state index is -4.06. The molecule has 1 aromatic carbocycles. The molecule has 0 fully saturated rings. The van der Waals surface area contributed by atoms with E-state index in [1.165, 1.54) is 31.2 Å². The minimum absolute atomic E-state index is 0.0381. The van der Waals surface area contributed by atoms with E-state index in [0.29, 0.717) is 5.56 Å². The third-order valence-corrected chi connectivity index (χ3v) is 4.10. The van der Waals surface area contributed by atoms with Crippen LogP contribution in [0.15, 0.2) is 29.2 Å². The highest BCUT2D eigenvalue weighted by atomic mass is 32.2. The molecule has 0 saturated heterocycles. The predicted molar refractivity (Wildman–Crippen MR) is 73.7 cm³/mol. The van der Waals surface area contributed by atoms with Crippen molar-refractivity contribution >= 4 is 26.3 Å². The first kappa shape index (κ1) is 17.4. The fraction of sp³-hybridized carbons (Fsp3) is 0.300. The normalized spacial score (nSPS) is 11.9. The Morgan fingerprint density at radius 1 is 1.19 bits per heavy atom. The van der Waals surface area contributed by atoms with E-state index in [2.05, 4.69) is 9.46 Å². The molecular weight excluding hydrogens is 322 g/mol. The molecule has 0 unspecified atom stereocenters. The Kier molecular flexibility index (Phi) is 5.66. The largest absolute Gasteiger partial charge is 0.449 e. The van der Waals surface area contributed by atoms with E-state index in [-0.39, 0.29) is 18.0 Å². The lowest BCUT2D eigenvalue weighted by molar-refractivity contribution is 0.158. The highest BCUT2D eigenvalue weighted by Gasteiger charge is 2.14. The molecule has 0 spiro atoms. The maximum atomic E-state index is 11.5. The smallest absolute Gasteiger partial charge is 0.421 e. The zero-order valence-electron chi connectivity index (χ0n) is 11.1. The zero-order valence-corrected chi connectivity index (χ0v) is 12.7. The van der Waals surface area contributed by atoms with Gasteiger partial charge in [0.25, 0.3) is 0 Å². The number of nitrogens with two attached hydrogens (primary N) is 1. The molecule has 21 heavy (non-hydrogen) atoms. The van der Waals surface area contributed by atoms with Gasteiger partial charge in [-0.25, -0.2) is 23.1 Å². The lowest BCUT2D eigenvalue weighted by Crippen LogP contribution is -2.40. The molecule has 11 heteroatoms. The molecule has 0 aromatic heterocycles. The molecular formula is C10H15N3O6S2. The fourth-order valence-corrected chi connectivity index (χ4v) is 2.50. The summed E-state index contributed by atoms with van der Waals surface area (Å²) >= 11 is 0. The molecule has 4 N–H and O–H groups in total. The summed E-state index contributed by atoms with van der Waals surface area (Å²) in [6.07, 6.45) is -1.09. The Morgan fingerprint density at radius 3 is 2.24 bits per heavy atom. The lowest BCUT2D eigenvalue weighted by atomic mass is 10.2. The average molecular weight is 337 g/mol. The van der Waals surface area contributed by atoms with Gasteiger partial charge in [0.15, 0.2) is 0 Å². The highest BCUT2D eigenvalue weighted by molar-refractivity contribution is 7.89. The first-order valence-electron chi connectivity index (χ1n) is 5.70. The number of benzene rings is 1. The van der Waals surface area contributed by atoms with E-state index >= 15 is 0 Å². The van der Waals surface area contributed by atoms with E-state index < -0.39 is 26.3 Å².